The second-order valence-electron chi connectivity index (χ2n) is 4.44. The molecule has 2 heterocycles. The van der Waals surface area contributed by atoms with Crippen molar-refractivity contribution in [3.63, 3.8) is 0 Å². The Morgan fingerprint density at radius 1 is 1.29 bits per heavy atom. The molecule has 1 fully saturated rings. The maximum atomic E-state index is 5.84. The molecule has 0 bridgehead atoms. The van der Waals surface area contributed by atoms with Crippen molar-refractivity contribution in [3.8, 4) is 0 Å². The largest absolute Gasteiger partial charge is 0.438 e. The number of oxazole rings is 1. The Kier molecular flexibility index (Phi) is 2.61. The van der Waals surface area contributed by atoms with Gasteiger partial charge in [-0.1, -0.05) is 12.1 Å². The lowest BCUT2D eigenvalue weighted by Crippen LogP contribution is -2.41. The number of nitrogens with one attached hydrogen (secondary N) is 1. The average molecular weight is 232 g/mol. The van der Waals surface area contributed by atoms with Gasteiger partial charge in [0.15, 0.2) is 5.58 Å². The van der Waals surface area contributed by atoms with Gasteiger partial charge in [-0.05, 0) is 38.1 Å². The van der Waals surface area contributed by atoms with Gasteiger partial charge in [-0.25, -0.2) is 4.98 Å². The van der Waals surface area contributed by atoms with Gasteiger partial charge in [0.25, 0.3) is 0 Å². The van der Waals surface area contributed by atoms with Crippen molar-refractivity contribution in [1.29, 1.82) is 0 Å². The molecule has 4 nitrogen and oxygen atoms in total. The highest BCUT2D eigenvalue weighted by Gasteiger charge is 2.38. The van der Waals surface area contributed by atoms with Crippen molar-refractivity contribution in [2.45, 2.75) is 18.4 Å². The third-order valence-corrected chi connectivity index (χ3v) is 3.49. The van der Waals surface area contributed by atoms with E-state index in [1.54, 1.807) is 7.11 Å². The molecule has 0 aliphatic carbocycles. The predicted molar refractivity (Wildman–Crippen MR) is 64.8 cm³/mol. The van der Waals surface area contributed by atoms with Crippen LogP contribution in [0.4, 0.5) is 0 Å². The van der Waals surface area contributed by atoms with E-state index in [9.17, 15) is 0 Å². The molecule has 1 saturated heterocycles. The molecule has 3 rings (SSSR count). The Morgan fingerprint density at radius 3 is 2.76 bits per heavy atom. The topological polar surface area (TPSA) is 47.3 Å². The van der Waals surface area contributed by atoms with E-state index in [2.05, 4.69) is 10.3 Å². The van der Waals surface area contributed by atoms with Crippen molar-refractivity contribution in [2.24, 2.45) is 0 Å². The van der Waals surface area contributed by atoms with E-state index in [1.807, 2.05) is 24.3 Å². The van der Waals surface area contributed by atoms with Gasteiger partial charge in [0, 0.05) is 7.11 Å². The fourth-order valence-corrected chi connectivity index (χ4v) is 2.40. The number of rotatable bonds is 2. The fraction of sp³-hybridized carbons (Fsp3) is 0.462. The van der Waals surface area contributed by atoms with Crippen LogP contribution in [0, 0.1) is 0 Å². The van der Waals surface area contributed by atoms with Gasteiger partial charge in [-0.3, -0.25) is 0 Å². The van der Waals surface area contributed by atoms with Gasteiger partial charge < -0.3 is 14.5 Å². The van der Waals surface area contributed by atoms with Gasteiger partial charge in [0.1, 0.15) is 11.1 Å². The summed E-state index contributed by atoms with van der Waals surface area (Å²) < 4.78 is 11.5. The molecule has 1 aliphatic rings. The minimum atomic E-state index is -0.357. The summed E-state index contributed by atoms with van der Waals surface area (Å²) in [7, 11) is 1.74. The Bertz CT molecular complexity index is 482. The third-order valence-electron chi connectivity index (χ3n) is 3.49. The molecule has 1 N–H and O–H groups in total. The number of aromatic nitrogens is 1. The van der Waals surface area contributed by atoms with Gasteiger partial charge >= 0.3 is 0 Å². The van der Waals surface area contributed by atoms with E-state index in [4.69, 9.17) is 9.15 Å². The standard InChI is InChI=1S/C13H16N2O2/c1-16-13(6-8-14-9-7-13)12-15-10-4-2-3-5-11(10)17-12/h2-5,14H,6-9H2,1H3. The molecule has 4 heteroatoms. The van der Waals surface area contributed by atoms with E-state index in [-0.39, 0.29) is 5.60 Å². The Labute approximate surface area is 100.0 Å². The molecule has 1 aliphatic heterocycles. The number of ether oxygens (including phenoxy) is 1. The maximum Gasteiger partial charge on any atom is 0.227 e. The van der Waals surface area contributed by atoms with Crippen molar-refractivity contribution < 1.29 is 9.15 Å². The predicted octanol–water partition coefficient (Wildman–Crippen LogP) is 2.05. The second kappa shape index (κ2) is 4.13. The van der Waals surface area contributed by atoms with Crippen LogP contribution in [0.25, 0.3) is 11.1 Å². The average Bonchev–Trinajstić information content (AvgIpc) is 2.84. The second-order valence-corrected chi connectivity index (χ2v) is 4.44. The van der Waals surface area contributed by atoms with E-state index in [0.29, 0.717) is 5.89 Å². The minimum absolute atomic E-state index is 0.357. The number of fused-ring (bicyclic) bond motifs is 1. The molecule has 0 spiro atoms. The monoisotopic (exact) mass is 232 g/mol. The van der Waals surface area contributed by atoms with Gasteiger partial charge in [0.2, 0.25) is 5.89 Å². The minimum Gasteiger partial charge on any atom is -0.438 e. The molecular formula is C13H16N2O2. The van der Waals surface area contributed by atoms with Crippen LogP contribution in [0.2, 0.25) is 0 Å². The van der Waals surface area contributed by atoms with E-state index in [0.717, 1.165) is 37.0 Å². The summed E-state index contributed by atoms with van der Waals surface area (Å²) in [4.78, 5) is 4.56. The molecule has 0 unspecified atom stereocenters. The summed E-state index contributed by atoms with van der Waals surface area (Å²) in [6, 6.07) is 7.83. The van der Waals surface area contributed by atoms with Crippen molar-refractivity contribution in [1.82, 2.24) is 10.3 Å². The Balaban J connectivity index is 2.05. The number of hydrogen-bond acceptors (Lipinski definition) is 4. The zero-order valence-corrected chi connectivity index (χ0v) is 9.90. The first-order valence-electron chi connectivity index (χ1n) is 5.96. The normalized spacial score (nSPS) is 19.6. The zero-order chi connectivity index (χ0) is 11.7. The van der Waals surface area contributed by atoms with Crippen LogP contribution >= 0.6 is 0 Å². The van der Waals surface area contributed by atoms with Crippen LogP contribution in [0.3, 0.4) is 0 Å². The van der Waals surface area contributed by atoms with Gasteiger partial charge in [-0.2, -0.15) is 0 Å². The van der Waals surface area contributed by atoms with Crippen LogP contribution < -0.4 is 5.32 Å². The fourth-order valence-electron chi connectivity index (χ4n) is 2.40. The molecule has 0 atom stereocenters. The molecule has 17 heavy (non-hydrogen) atoms. The third kappa shape index (κ3) is 1.73. The van der Waals surface area contributed by atoms with Crippen LogP contribution in [-0.2, 0) is 10.3 Å². The first kappa shape index (κ1) is 10.7. The molecule has 0 saturated carbocycles. The first-order chi connectivity index (χ1) is 8.34. The van der Waals surface area contributed by atoms with Crippen molar-refractivity contribution in [2.75, 3.05) is 20.2 Å². The summed E-state index contributed by atoms with van der Waals surface area (Å²) >= 11 is 0. The van der Waals surface area contributed by atoms with Crippen molar-refractivity contribution >= 4 is 11.1 Å². The van der Waals surface area contributed by atoms with Gasteiger partial charge in [0.05, 0.1) is 0 Å². The number of hydrogen-bond donors (Lipinski definition) is 1. The number of methoxy groups -OCH3 is 1. The summed E-state index contributed by atoms with van der Waals surface area (Å²) in [6.07, 6.45) is 1.80. The summed E-state index contributed by atoms with van der Waals surface area (Å²) in [6.45, 7) is 1.87. The zero-order valence-electron chi connectivity index (χ0n) is 9.90. The van der Waals surface area contributed by atoms with Crippen LogP contribution in [0.5, 0.6) is 0 Å². The highest BCUT2D eigenvalue weighted by molar-refractivity contribution is 5.72. The number of benzene rings is 1. The van der Waals surface area contributed by atoms with Crippen LogP contribution in [0.15, 0.2) is 28.7 Å². The molecule has 1 aromatic heterocycles. The maximum absolute atomic E-state index is 5.84. The van der Waals surface area contributed by atoms with Crippen molar-refractivity contribution in [3.05, 3.63) is 30.2 Å². The van der Waals surface area contributed by atoms with Gasteiger partial charge in [-0.15, -0.1) is 0 Å². The summed E-state index contributed by atoms with van der Waals surface area (Å²) in [5.74, 6) is 0.711. The van der Waals surface area contributed by atoms with E-state index >= 15 is 0 Å². The van der Waals surface area contributed by atoms with Crippen LogP contribution in [-0.4, -0.2) is 25.2 Å². The Hall–Kier alpha value is -1.39. The molecule has 0 amide bonds. The lowest BCUT2D eigenvalue weighted by Gasteiger charge is -2.33. The smallest absolute Gasteiger partial charge is 0.227 e. The number of nitrogens with zero attached hydrogens (tertiary/aromatic N) is 1. The molecule has 0 radical (unpaired) electrons. The molecule has 2 aromatic rings. The highest BCUT2D eigenvalue weighted by Crippen LogP contribution is 2.35. The SMILES string of the molecule is COC1(c2nc3ccccc3o2)CCNCC1. The first-order valence-corrected chi connectivity index (χ1v) is 5.96. The summed E-state index contributed by atoms with van der Waals surface area (Å²) in [5, 5.41) is 3.33. The summed E-state index contributed by atoms with van der Waals surface area (Å²) in [5.41, 5.74) is 1.37. The lowest BCUT2D eigenvalue weighted by molar-refractivity contribution is -0.0581. The molecule has 90 valence electrons. The Morgan fingerprint density at radius 2 is 2.06 bits per heavy atom. The van der Waals surface area contributed by atoms with E-state index in [1.165, 1.54) is 0 Å². The van der Waals surface area contributed by atoms with Crippen LogP contribution in [0.1, 0.15) is 18.7 Å². The molecule has 1 aromatic carbocycles. The number of para-hydroxylation sites is 2. The van der Waals surface area contributed by atoms with E-state index < -0.39 is 0 Å². The highest BCUT2D eigenvalue weighted by atomic mass is 16.5. The quantitative estimate of drug-likeness (QED) is 0.861. The molecular weight excluding hydrogens is 216 g/mol. The lowest BCUT2D eigenvalue weighted by atomic mass is 9.92. The number of piperidine rings is 1.